The van der Waals surface area contributed by atoms with Crippen molar-refractivity contribution in [1.82, 2.24) is 9.88 Å². The number of aliphatic hydroxyl groups excluding tert-OH is 1. The van der Waals surface area contributed by atoms with Crippen molar-refractivity contribution in [2.75, 3.05) is 13.2 Å². The van der Waals surface area contributed by atoms with E-state index in [0.29, 0.717) is 6.04 Å². The van der Waals surface area contributed by atoms with Gasteiger partial charge in [0.2, 0.25) is 0 Å². The van der Waals surface area contributed by atoms with Crippen molar-refractivity contribution in [3.8, 4) is 16.9 Å². The van der Waals surface area contributed by atoms with Crippen LogP contribution in [0.5, 0.6) is 5.75 Å². The normalized spacial score (nSPS) is 17.9. The molecule has 1 aromatic heterocycles. The maximum atomic E-state index is 9.53. The molecule has 2 heterocycles. The Morgan fingerprint density at radius 3 is 2.81 bits per heavy atom. The summed E-state index contributed by atoms with van der Waals surface area (Å²) in [5.74, 6) is 0.904. The molecule has 1 aliphatic heterocycles. The van der Waals surface area contributed by atoms with E-state index in [2.05, 4.69) is 46.3 Å². The molecule has 4 heteroatoms. The second-order valence-electron chi connectivity index (χ2n) is 7.74. The van der Waals surface area contributed by atoms with Crippen molar-refractivity contribution in [3.63, 3.8) is 0 Å². The number of nitrogens with zero attached hydrogens (tertiary/aromatic N) is 1. The van der Waals surface area contributed by atoms with Crippen LogP contribution in [0.2, 0.25) is 0 Å². The average Bonchev–Trinajstić information content (AvgIpc) is 3.26. The third-order valence-electron chi connectivity index (χ3n) is 5.30. The summed E-state index contributed by atoms with van der Waals surface area (Å²) in [5.41, 5.74) is 4.72. The first kappa shape index (κ1) is 18.1. The Morgan fingerprint density at radius 2 is 2.00 bits per heavy atom. The van der Waals surface area contributed by atoms with Crippen molar-refractivity contribution in [2.24, 2.45) is 0 Å². The van der Waals surface area contributed by atoms with E-state index in [4.69, 9.17) is 4.74 Å². The zero-order valence-corrected chi connectivity index (χ0v) is 16.1. The van der Waals surface area contributed by atoms with Crippen LogP contribution < -0.4 is 4.74 Å². The smallest absolute Gasteiger partial charge is 0.120 e. The molecule has 1 aliphatic rings. The maximum absolute atomic E-state index is 9.53. The zero-order chi connectivity index (χ0) is 18.8. The predicted octanol–water partition coefficient (Wildman–Crippen LogP) is 4.58. The SMILES string of the molecule is CC(C)Oc1cccc(-c2ccc3[nH]c(CN4CCC[C@@H]4CO)cc3c2)c1. The highest BCUT2D eigenvalue weighted by Gasteiger charge is 2.24. The van der Waals surface area contributed by atoms with Gasteiger partial charge in [-0.15, -0.1) is 0 Å². The largest absolute Gasteiger partial charge is 0.491 e. The summed E-state index contributed by atoms with van der Waals surface area (Å²) >= 11 is 0. The second kappa shape index (κ2) is 7.75. The molecule has 0 radical (unpaired) electrons. The van der Waals surface area contributed by atoms with Gasteiger partial charge in [0.05, 0.1) is 12.7 Å². The van der Waals surface area contributed by atoms with Crippen LogP contribution in [0.3, 0.4) is 0 Å². The number of likely N-dealkylation sites (tertiary alicyclic amines) is 1. The molecule has 0 bridgehead atoms. The number of aromatic nitrogens is 1. The molecule has 142 valence electrons. The predicted molar refractivity (Wildman–Crippen MR) is 110 cm³/mol. The number of rotatable bonds is 6. The first-order chi connectivity index (χ1) is 13.1. The van der Waals surface area contributed by atoms with Crippen LogP contribution in [0.1, 0.15) is 32.4 Å². The topological polar surface area (TPSA) is 48.5 Å². The molecule has 3 aromatic rings. The average molecular weight is 364 g/mol. The van der Waals surface area contributed by atoms with Gasteiger partial charge < -0.3 is 14.8 Å². The summed E-state index contributed by atoms with van der Waals surface area (Å²) < 4.78 is 5.83. The van der Waals surface area contributed by atoms with E-state index < -0.39 is 0 Å². The number of ether oxygens (including phenoxy) is 1. The third-order valence-corrected chi connectivity index (χ3v) is 5.30. The molecule has 2 N–H and O–H groups in total. The van der Waals surface area contributed by atoms with E-state index in [9.17, 15) is 5.11 Å². The minimum Gasteiger partial charge on any atom is -0.491 e. The monoisotopic (exact) mass is 364 g/mol. The lowest BCUT2D eigenvalue weighted by molar-refractivity contribution is 0.152. The van der Waals surface area contributed by atoms with Gasteiger partial charge in [0.1, 0.15) is 5.75 Å². The Morgan fingerprint density at radius 1 is 1.15 bits per heavy atom. The molecular weight excluding hydrogens is 336 g/mol. The van der Waals surface area contributed by atoms with Gasteiger partial charge in [-0.05, 0) is 74.7 Å². The van der Waals surface area contributed by atoms with Crippen molar-refractivity contribution < 1.29 is 9.84 Å². The fourth-order valence-corrected chi connectivity index (χ4v) is 4.01. The highest BCUT2D eigenvalue weighted by molar-refractivity contribution is 5.86. The molecule has 0 saturated carbocycles. The summed E-state index contributed by atoms with van der Waals surface area (Å²) in [6.07, 6.45) is 2.43. The number of aliphatic hydroxyl groups is 1. The van der Waals surface area contributed by atoms with Crippen LogP contribution in [0.15, 0.2) is 48.5 Å². The molecule has 1 saturated heterocycles. The van der Waals surface area contributed by atoms with Crippen LogP contribution in [0, 0.1) is 0 Å². The number of nitrogens with one attached hydrogen (secondary N) is 1. The molecule has 27 heavy (non-hydrogen) atoms. The number of fused-ring (bicyclic) bond motifs is 1. The molecule has 0 spiro atoms. The number of hydrogen-bond acceptors (Lipinski definition) is 3. The number of hydrogen-bond donors (Lipinski definition) is 2. The quantitative estimate of drug-likeness (QED) is 0.673. The van der Waals surface area contributed by atoms with Crippen LogP contribution >= 0.6 is 0 Å². The van der Waals surface area contributed by atoms with E-state index in [1.54, 1.807) is 0 Å². The van der Waals surface area contributed by atoms with E-state index in [1.807, 2.05) is 26.0 Å². The van der Waals surface area contributed by atoms with Gasteiger partial charge in [0.25, 0.3) is 0 Å². The number of H-pyrrole nitrogens is 1. The van der Waals surface area contributed by atoms with E-state index >= 15 is 0 Å². The molecular formula is C23H28N2O2. The van der Waals surface area contributed by atoms with Gasteiger partial charge in [-0.3, -0.25) is 4.90 Å². The summed E-state index contributed by atoms with van der Waals surface area (Å²) in [7, 11) is 0. The van der Waals surface area contributed by atoms with Crippen LogP contribution in [0.25, 0.3) is 22.0 Å². The first-order valence-electron chi connectivity index (χ1n) is 9.86. The molecule has 2 aromatic carbocycles. The van der Waals surface area contributed by atoms with E-state index in [0.717, 1.165) is 36.3 Å². The minimum atomic E-state index is 0.170. The van der Waals surface area contributed by atoms with Gasteiger partial charge >= 0.3 is 0 Å². The van der Waals surface area contributed by atoms with Crippen molar-refractivity contribution in [1.29, 1.82) is 0 Å². The fourth-order valence-electron chi connectivity index (χ4n) is 4.01. The van der Waals surface area contributed by atoms with Crippen LogP contribution in [-0.4, -0.2) is 40.3 Å². The van der Waals surface area contributed by atoms with Crippen molar-refractivity contribution >= 4 is 10.9 Å². The summed E-state index contributed by atoms with van der Waals surface area (Å²) in [4.78, 5) is 5.91. The Balaban J connectivity index is 1.58. The molecule has 1 fully saturated rings. The maximum Gasteiger partial charge on any atom is 0.120 e. The van der Waals surface area contributed by atoms with Crippen molar-refractivity contribution in [2.45, 2.75) is 45.4 Å². The second-order valence-corrected chi connectivity index (χ2v) is 7.74. The Hall–Kier alpha value is -2.30. The molecule has 0 unspecified atom stereocenters. The van der Waals surface area contributed by atoms with Crippen LogP contribution in [-0.2, 0) is 6.54 Å². The minimum absolute atomic E-state index is 0.170. The lowest BCUT2D eigenvalue weighted by Crippen LogP contribution is -2.31. The van der Waals surface area contributed by atoms with Crippen LogP contribution in [0.4, 0.5) is 0 Å². The summed E-state index contributed by atoms with van der Waals surface area (Å²) in [6, 6.07) is 17.4. The van der Waals surface area contributed by atoms with E-state index in [-0.39, 0.29) is 12.7 Å². The molecule has 0 amide bonds. The summed E-state index contributed by atoms with van der Waals surface area (Å²) in [5, 5.41) is 10.8. The Labute approximate surface area is 160 Å². The van der Waals surface area contributed by atoms with Gasteiger partial charge in [0, 0.05) is 29.2 Å². The fraction of sp³-hybridized carbons (Fsp3) is 0.391. The lowest BCUT2D eigenvalue weighted by atomic mass is 10.0. The Kier molecular flexibility index (Phi) is 5.19. The molecule has 4 rings (SSSR count). The zero-order valence-electron chi connectivity index (χ0n) is 16.1. The first-order valence-corrected chi connectivity index (χ1v) is 9.86. The highest BCUT2D eigenvalue weighted by atomic mass is 16.5. The van der Waals surface area contributed by atoms with Gasteiger partial charge in [-0.1, -0.05) is 18.2 Å². The molecule has 1 atom stereocenters. The number of aromatic amines is 1. The van der Waals surface area contributed by atoms with Gasteiger partial charge in [0.15, 0.2) is 0 Å². The van der Waals surface area contributed by atoms with Crippen molar-refractivity contribution in [3.05, 3.63) is 54.2 Å². The Bertz CT molecular complexity index is 916. The number of benzene rings is 2. The van der Waals surface area contributed by atoms with Gasteiger partial charge in [-0.2, -0.15) is 0 Å². The standard InChI is InChI=1S/C23H28N2O2/c1-16(2)27-22-7-3-5-17(13-22)18-8-9-23-19(11-18)12-20(24-23)14-25-10-4-6-21(25)15-26/h3,5,7-9,11-13,16,21,24,26H,4,6,10,14-15H2,1-2H3/t21-/m1/s1. The van der Waals surface area contributed by atoms with E-state index in [1.165, 1.54) is 23.1 Å². The lowest BCUT2D eigenvalue weighted by Gasteiger charge is -2.21. The summed E-state index contributed by atoms with van der Waals surface area (Å²) in [6.45, 7) is 6.27. The highest BCUT2D eigenvalue weighted by Crippen LogP contribution is 2.29. The molecule has 0 aliphatic carbocycles. The molecule has 4 nitrogen and oxygen atoms in total. The van der Waals surface area contributed by atoms with Gasteiger partial charge in [-0.25, -0.2) is 0 Å². The third kappa shape index (κ3) is 4.02.